The highest BCUT2D eigenvalue weighted by molar-refractivity contribution is 6.25. The van der Waals surface area contributed by atoms with Gasteiger partial charge in [0.05, 0.1) is 0 Å². The first-order valence-corrected chi connectivity index (χ1v) is 7.95. The maximum absolute atomic E-state index is 14.6. The zero-order chi connectivity index (χ0) is 16.8. The predicted octanol–water partition coefficient (Wildman–Crippen LogP) is 4.19. The number of rotatable bonds is 3. The summed E-state index contributed by atoms with van der Waals surface area (Å²) in [5, 5.41) is 9.27. The molecule has 0 radical (unpaired) electrons. The van der Waals surface area contributed by atoms with E-state index in [0.717, 1.165) is 24.0 Å². The Morgan fingerprint density at radius 1 is 1.08 bits per heavy atom. The number of carbonyl (C=O) groups is 2. The summed E-state index contributed by atoms with van der Waals surface area (Å²) in [6, 6.07) is 12.1. The molecule has 2 aliphatic carbocycles. The van der Waals surface area contributed by atoms with Crippen LogP contribution in [0.15, 0.2) is 54.1 Å². The van der Waals surface area contributed by atoms with Crippen molar-refractivity contribution in [1.82, 2.24) is 0 Å². The lowest BCUT2D eigenvalue weighted by molar-refractivity contribution is -0.132. The molecule has 1 saturated carbocycles. The zero-order valence-electron chi connectivity index (χ0n) is 12.8. The first-order valence-electron chi connectivity index (χ1n) is 7.95. The molecule has 0 heterocycles. The number of halogens is 1. The van der Waals surface area contributed by atoms with Gasteiger partial charge in [-0.2, -0.15) is 0 Å². The number of allylic oxidation sites excluding steroid dienone is 1. The fourth-order valence-electron chi connectivity index (χ4n) is 3.41. The van der Waals surface area contributed by atoms with Crippen molar-refractivity contribution in [2.45, 2.75) is 18.8 Å². The van der Waals surface area contributed by atoms with Crippen molar-refractivity contribution in [2.75, 3.05) is 0 Å². The molecule has 4 rings (SSSR count). The van der Waals surface area contributed by atoms with Gasteiger partial charge < -0.3 is 5.11 Å². The van der Waals surface area contributed by atoms with Gasteiger partial charge in [-0.05, 0) is 42.0 Å². The second-order valence-electron chi connectivity index (χ2n) is 6.36. The summed E-state index contributed by atoms with van der Waals surface area (Å²) < 4.78 is 14.6. The Morgan fingerprint density at radius 3 is 2.42 bits per heavy atom. The second kappa shape index (κ2) is 5.41. The number of carboxylic acid groups (broad SMARTS) is 1. The molecule has 0 aromatic heterocycles. The Morgan fingerprint density at radius 2 is 1.79 bits per heavy atom. The van der Waals surface area contributed by atoms with E-state index in [0.29, 0.717) is 11.5 Å². The van der Waals surface area contributed by atoms with Crippen LogP contribution in [-0.4, -0.2) is 16.9 Å². The maximum atomic E-state index is 14.6. The monoisotopic (exact) mass is 322 g/mol. The Bertz CT molecular complexity index is 879. The quantitative estimate of drug-likeness (QED) is 0.862. The number of aliphatic carboxylic acids is 1. The van der Waals surface area contributed by atoms with Crippen LogP contribution in [0.4, 0.5) is 4.39 Å². The van der Waals surface area contributed by atoms with E-state index in [4.69, 9.17) is 0 Å². The van der Waals surface area contributed by atoms with Crippen molar-refractivity contribution in [3.05, 3.63) is 71.1 Å². The number of hydrogen-bond acceptors (Lipinski definition) is 2. The predicted molar refractivity (Wildman–Crippen MR) is 87.4 cm³/mol. The third kappa shape index (κ3) is 2.35. The van der Waals surface area contributed by atoms with Gasteiger partial charge >= 0.3 is 5.97 Å². The summed E-state index contributed by atoms with van der Waals surface area (Å²) in [5.41, 5.74) is 1.87. The van der Waals surface area contributed by atoms with E-state index in [-0.39, 0.29) is 17.1 Å². The molecular weight excluding hydrogens is 307 g/mol. The van der Waals surface area contributed by atoms with Crippen LogP contribution in [-0.2, 0) is 4.79 Å². The van der Waals surface area contributed by atoms with Crippen LogP contribution >= 0.6 is 0 Å². The van der Waals surface area contributed by atoms with Crippen LogP contribution in [0.5, 0.6) is 0 Å². The smallest absolute Gasteiger partial charge is 0.339 e. The molecule has 1 fully saturated rings. The van der Waals surface area contributed by atoms with Gasteiger partial charge in [-0.1, -0.05) is 36.4 Å². The van der Waals surface area contributed by atoms with Crippen molar-refractivity contribution in [1.29, 1.82) is 0 Å². The third-order valence-corrected chi connectivity index (χ3v) is 4.78. The molecule has 0 spiro atoms. The molecule has 3 nitrogen and oxygen atoms in total. The number of fused-ring (bicyclic) bond motifs is 1. The number of Topliss-reactive ketones (excluding diaryl/α,β-unsaturated/α-hetero) is 1. The van der Waals surface area contributed by atoms with E-state index in [9.17, 15) is 19.1 Å². The van der Waals surface area contributed by atoms with Gasteiger partial charge in [0, 0.05) is 17.0 Å². The molecule has 4 heteroatoms. The van der Waals surface area contributed by atoms with E-state index in [1.54, 1.807) is 12.1 Å². The van der Waals surface area contributed by atoms with Gasteiger partial charge in [0.2, 0.25) is 0 Å². The highest BCUT2D eigenvalue weighted by atomic mass is 19.1. The van der Waals surface area contributed by atoms with E-state index < -0.39 is 17.6 Å². The number of hydrogen-bond donors (Lipinski definition) is 1. The average molecular weight is 322 g/mol. The van der Waals surface area contributed by atoms with E-state index >= 15 is 0 Å². The van der Waals surface area contributed by atoms with Crippen LogP contribution in [0.25, 0.3) is 11.1 Å². The van der Waals surface area contributed by atoms with E-state index in [2.05, 4.69) is 0 Å². The molecule has 2 aromatic rings. The fraction of sp³-hybridized carbons (Fsp3) is 0.200. The van der Waals surface area contributed by atoms with Gasteiger partial charge in [0.1, 0.15) is 11.4 Å². The zero-order valence-corrected chi connectivity index (χ0v) is 12.8. The molecule has 2 aliphatic rings. The molecule has 0 amide bonds. The lowest BCUT2D eigenvalue weighted by Gasteiger charge is -2.23. The molecule has 0 aliphatic heterocycles. The third-order valence-electron chi connectivity index (χ3n) is 4.78. The number of carboxylic acids is 1. The number of ketones is 1. The van der Waals surface area contributed by atoms with Crippen molar-refractivity contribution < 1.29 is 19.1 Å². The van der Waals surface area contributed by atoms with Crippen molar-refractivity contribution in [3.8, 4) is 11.1 Å². The molecule has 24 heavy (non-hydrogen) atoms. The summed E-state index contributed by atoms with van der Waals surface area (Å²) >= 11 is 0. The molecule has 1 N–H and O–H groups in total. The minimum atomic E-state index is -1.25. The van der Waals surface area contributed by atoms with Crippen molar-refractivity contribution >= 4 is 11.8 Å². The van der Waals surface area contributed by atoms with Gasteiger partial charge in [-0.25, -0.2) is 9.18 Å². The largest absolute Gasteiger partial charge is 0.478 e. The normalized spacial score (nSPS) is 19.6. The standard InChI is InChI=1S/C20H15FO3/c21-18-10-16-15(9-14(18)11-4-2-1-3-5-11)13(12-6-7-12)8-17(19(16)22)20(23)24/h1-5,8-10,12-13H,6-7H2,(H,23,24). The van der Waals surface area contributed by atoms with Crippen LogP contribution in [0.1, 0.15) is 34.7 Å². The summed E-state index contributed by atoms with van der Waals surface area (Å²) in [6.45, 7) is 0. The topological polar surface area (TPSA) is 54.4 Å². The molecule has 1 unspecified atom stereocenters. The SMILES string of the molecule is O=C(O)C1=CC(C2CC2)c2cc(-c3ccccc3)c(F)cc2C1=O. The second-order valence-corrected chi connectivity index (χ2v) is 6.36. The highest BCUT2D eigenvalue weighted by Crippen LogP contribution is 2.48. The van der Waals surface area contributed by atoms with Crippen LogP contribution in [0, 0.1) is 11.7 Å². The Labute approximate surface area is 138 Å². The maximum Gasteiger partial charge on any atom is 0.339 e. The summed E-state index contributed by atoms with van der Waals surface area (Å²) in [7, 11) is 0. The van der Waals surface area contributed by atoms with Gasteiger partial charge in [0.25, 0.3) is 0 Å². The molecular formula is C20H15FO3. The van der Waals surface area contributed by atoms with Gasteiger partial charge in [-0.15, -0.1) is 0 Å². The lowest BCUT2D eigenvalue weighted by atomic mass is 9.79. The first kappa shape index (κ1) is 14.8. The summed E-state index contributed by atoms with van der Waals surface area (Å²) in [6.07, 6.45) is 3.55. The molecule has 0 bridgehead atoms. The van der Waals surface area contributed by atoms with Crippen LogP contribution < -0.4 is 0 Å². The molecule has 120 valence electrons. The fourth-order valence-corrected chi connectivity index (χ4v) is 3.41. The molecule has 1 atom stereocenters. The molecule has 2 aromatic carbocycles. The average Bonchev–Trinajstić information content (AvgIpc) is 3.40. The number of benzene rings is 2. The minimum absolute atomic E-state index is 0.133. The Kier molecular flexibility index (Phi) is 3.34. The number of carbonyl (C=O) groups excluding carboxylic acids is 1. The van der Waals surface area contributed by atoms with Crippen molar-refractivity contribution in [2.24, 2.45) is 5.92 Å². The summed E-state index contributed by atoms with van der Waals surface area (Å²) in [5.74, 6) is -2.15. The van der Waals surface area contributed by atoms with Gasteiger partial charge in [-0.3, -0.25) is 4.79 Å². The highest BCUT2D eigenvalue weighted by Gasteiger charge is 2.39. The lowest BCUT2D eigenvalue weighted by Crippen LogP contribution is -2.22. The van der Waals surface area contributed by atoms with Crippen LogP contribution in [0.3, 0.4) is 0 Å². The summed E-state index contributed by atoms with van der Waals surface area (Å²) in [4.78, 5) is 23.8. The minimum Gasteiger partial charge on any atom is -0.478 e. The van der Waals surface area contributed by atoms with Crippen LogP contribution in [0.2, 0.25) is 0 Å². The Balaban J connectivity index is 1.90. The van der Waals surface area contributed by atoms with E-state index in [1.807, 2.05) is 30.3 Å². The van der Waals surface area contributed by atoms with Crippen molar-refractivity contribution in [3.63, 3.8) is 0 Å². The van der Waals surface area contributed by atoms with Gasteiger partial charge in [0.15, 0.2) is 5.78 Å². The van der Waals surface area contributed by atoms with E-state index in [1.165, 1.54) is 6.07 Å². The Hall–Kier alpha value is -2.75. The first-order chi connectivity index (χ1) is 11.6. The molecule has 0 saturated heterocycles.